The summed E-state index contributed by atoms with van der Waals surface area (Å²) >= 11 is 3.95. The summed E-state index contributed by atoms with van der Waals surface area (Å²) in [7, 11) is 0. The van der Waals surface area contributed by atoms with E-state index >= 15 is 0 Å². The summed E-state index contributed by atoms with van der Waals surface area (Å²) in [5.74, 6) is -1.01. The topological polar surface area (TPSA) is 116 Å². The van der Waals surface area contributed by atoms with Crippen molar-refractivity contribution in [3.8, 4) is 0 Å². The number of amides is 1. The van der Waals surface area contributed by atoms with Crippen molar-refractivity contribution in [3.63, 3.8) is 0 Å². The molecule has 0 unspecified atom stereocenters. The summed E-state index contributed by atoms with van der Waals surface area (Å²) in [6, 6.07) is -0.865. The number of nitro groups is 1. The maximum atomic E-state index is 11.7. The number of thiol groups is 1. The minimum Gasteiger partial charge on any atom is -0.464 e. The Labute approximate surface area is 119 Å². The summed E-state index contributed by atoms with van der Waals surface area (Å²) < 4.78 is 5.87. The lowest BCUT2D eigenvalue weighted by Gasteiger charge is -2.14. The number of hydrogen-bond acceptors (Lipinski definition) is 7. The van der Waals surface area contributed by atoms with Gasteiger partial charge in [-0.1, -0.05) is 0 Å². The van der Waals surface area contributed by atoms with Gasteiger partial charge in [-0.3, -0.25) is 19.6 Å². The highest BCUT2D eigenvalue weighted by Crippen LogP contribution is 2.07. The van der Waals surface area contributed by atoms with Crippen LogP contribution in [0.3, 0.4) is 0 Å². The molecule has 0 saturated heterocycles. The number of carbonyl (C=O) groups is 2. The maximum absolute atomic E-state index is 11.7. The number of ether oxygens (including phenoxy) is 1. The first-order chi connectivity index (χ1) is 9.47. The quantitative estimate of drug-likeness (QED) is 0.311. The molecule has 0 aliphatic carbocycles. The van der Waals surface area contributed by atoms with Gasteiger partial charge in [-0.05, 0) is 6.92 Å². The second-order valence-electron chi connectivity index (χ2n) is 3.71. The molecule has 1 amide bonds. The van der Waals surface area contributed by atoms with Gasteiger partial charge in [0.05, 0.1) is 11.5 Å². The molecule has 0 fully saturated rings. The molecule has 0 aliphatic rings. The second kappa shape index (κ2) is 7.48. The first kappa shape index (κ1) is 16.0. The Hall–Kier alpha value is -2.10. The van der Waals surface area contributed by atoms with E-state index in [-0.39, 0.29) is 24.6 Å². The van der Waals surface area contributed by atoms with Crippen LogP contribution >= 0.6 is 12.6 Å². The Bertz CT molecular complexity index is 504. The van der Waals surface area contributed by atoms with E-state index in [0.29, 0.717) is 0 Å². The van der Waals surface area contributed by atoms with Crippen molar-refractivity contribution in [3.05, 3.63) is 22.5 Å². The first-order valence-corrected chi connectivity index (χ1v) is 6.34. The molecule has 110 valence electrons. The third kappa shape index (κ3) is 4.53. The summed E-state index contributed by atoms with van der Waals surface area (Å²) in [6.45, 7) is 1.61. The van der Waals surface area contributed by atoms with Gasteiger partial charge in [-0.25, -0.2) is 4.79 Å². The monoisotopic (exact) mass is 302 g/mol. The molecule has 1 N–H and O–H groups in total. The maximum Gasteiger partial charge on any atom is 0.329 e. The van der Waals surface area contributed by atoms with Crippen LogP contribution in [0.1, 0.15) is 6.92 Å². The van der Waals surface area contributed by atoms with Gasteiger partial charge in [0.25, 0.3) is 0 Å². The van der Waals surface area contributed by atoms with Crippen molar-refractivity contribution in [2.45, 2.75) is 19.5 Å². The van der Waals surface area contributed by atoms with Gasteiger partial charge in [-0.15, -0.1) is 0 Å². The average molecular weight is 302 g/mol. The molecule has 1 atom stereocenters. The number of rotatable bonds is 7. The Balaban J connectivity index is 2.57. The highest BCUT2D eigenvalue weighted by molar-refractivity contribution is 7.80. The minimum absolute atomic E-state index is 0.0871. The van der Waals surface area contributed by atoms with Crippen LogP contribution in [0.15, 0.2) is 12.4 Å². The second-order valence-corrected chi connectivity index (χ2v) is 4.07. The smallest absolute Gasteiger partial charge is 0.329 e. The predicted octanol–water partition coefficient (Wildman–Crippen LogP) is -0.231. The van der Waals surface area contributed by atoms with E-state index < -0.39 is 22.8 Å². The van der Waals surface area contributed by atoms with Crippen molar-refractivity contribution in [1.29, 1.82) is 0 Å². The number of aromatic nitrogens is 2. The van der Waals surface area contributed by atoms with Crippen molar-refractivity contribution in [2.24, 2.45) is 0 Å². The average Bonchev–Trinajstić information content (AvgIpc) is 2.84. The van der Waals surface area contributed by atoms with Gasteiger partial charge in [-0.2, -0.15) is 17.7 Å². The van der Waals surface area contributed by atoms with Crippen molar-refractivity contribution in [2.75, 3.05) is 12.4 Å². The third-order valence-corrected chi connectivity index (χ3v) is 2.59. The zero-order valence-corrected chi connectivity index (χ0v) is 11.6. The molecule has 0 bridgehead atoms. The van der Waals surface area contributed by atoms with Crippen LogP contribution in [0.5, 0.6) is 0 Å². The van der Waals surface area contributed by atoms with Gasteiger partial charge >= 0.3 is 11.7 Å². The van der Waals surface area contributed by atoms with E-state index in [0.717, 1.165) is 17.1 Å². The lowest BCUT2D eigenvalue weighted by molar-refractivity contribution is -0.385. The fourth-order valence-corrected chi connectivity index (χ4v) is 1.58. The largest absolute Gasteiger partial charge is 0.464 e. The molecule has 1 heterocycles. The molecule has 9 nitrogen and oxygen atoms in total. The van der Waals surface area contributed by atoms with E-state index in [2.05, 4.69) is 23.0 Å². The van der Waals surface area contributed by atoms with Crippen LogP contribution in [-0.2, 0) is 20.9 Å². The van der Waals surface area contributed by atoms with E-state index in [1.807, 2.05) is 0 Å². The first-order valence-electron chi connectivity index (χ1n) is 5.71. The molecule has 1 aromatic rings. The number of nitrogens with one attached hydrogen (secondary N) is 1. The van der Waals surface area contributed by atoms with Crippen molar-refractivity contribution in [1.82, 2.24) is 15.1 Å². The third-order valence-electron chi connectivity index (χ3n) is 2.22. The van der Waals surface area contributed by atoms with E-state index in [4.69, 9.17) is 4.74 Å². The van der Waals surface area contributed by atoms with Gasteiger partial charge < -0.3 is 10.1 Å². The molecule has 0 saturated carbocycles. The Morgan fingerprint density at radius 2 is 2.35 bits per heavy atom. The Kier molecular flexibility index (Phi) is 5.97. The number of hydrogen-bond donors (Lipinski definition) is 2. The van der Waals surface area contributed by atoms with Crippen LogP contribution in [0.4, 0.5) is 5.69 Å². The van der Waals surface area contributed by atoms with E-state index in [9.17, 15) is 19.7 Å². The molecular formula is C10H14N4O5S. The summed E-state index contributed by atoms with van der Waals surface area (Å²) in [5.41, 5.74) is -0.214. The molecule has 0 radical (unpaired) electrons. The zero-order valence-electron chi connectivity index (χ0n) is 10.7. The summed E-state index contributed by atoms with van der Waals surface area (Å²) in [6.07, 6.45) is 2.16. The van der Waals surface area contributed by atoms with Crippen LogP contribution in [0.25, 0.3) is 0 Å². The van der Waals surface area contributed by atoms with E-state index in [1.165, 1.54) is 0 Å². The fourth-order valence-electron chi connectivity index (χ4n) is 1.34. The SMILES string of the molecule is CCOC(=O)[C@H](CS)NC(=O)Cn1cc([N+](=O)[O-])cn1. The van der Waals surface area contributed by atoms with Gasteiger partial charge in [0.2, 0.25) is 5.91 Å². The molecule has 1 aromatic heterocycles. The van der Waals surface area contributed by atoms with Gasteiger partial charge in [0.1, 0.15) is 25.0 Å². The zero-order chi connectivity index (χ0) is 15.1. The number of esters is 1. The van der Waals surface area contributed by atoms with E-state index in [1.54, 1.807) is 6.92 Å². The highest BCUT2D eigenvalue weighted by Gasteiger charge is 2.21. The molecular weight excluding hydrogens is 288 g/mol. The summed E-state index contributed by atoms with van der Waals surface area (Å²) in [4.78, 5) is 33.0. The Morgan fingerprint density at radius 1 is 1.65 bits per heavy atom. The van der Waals surface area contributed by atoms with Crippen LogP contribution in [0, 0.1) is 10.1 Å². The molecule has 0 spiro atoms. The molecule has 1 rings (SSSR count). The molecule has 20 heavy (non-hydrogen) atoms. The highest BCUT2D eigenvalue weighted by atomic mass is 32.1. The minimum atomic E-state index is -0.865. The Morgan fingerprint density at radius 3 is 2.85 bits per heavy atom. The van der Waals surface area contributed by atoms with Crippen LogP contribution < -0.4 is 5.32 Å². The fraction of sp³-hybridized carbons (Fsp3) is 0.500. The van der Waals surface area contributed by atoms with Gasteiger partial charge in [0, 0.05) is 5.75 Å². The lowest BCUT2D eigenvalue weighted by Crippen LogP contribution is -2.44. The van der Waals surface area contributed by atoms with Crippen molar-refractivity contribution >= 4 is 30.2 Å². The summed E-state index contributed by atoms with van der Waals surface area (Å²) in [5, 5.41) is 16.6. The normalized spacial score (nSPS) is 11.7. The molecule has 0 aliphatic heterocycles. The predicted molar refractivity (Wildman–Crippen MR) is 71.3 cm³/mol. The van der Waals surface area contributed by atoms with Crippen molar-refractivity contribution < 1.29 is 19.2 Å². The lowest BCUT2D eigenvalue weighted by atomic mass is 10.3. The van der Waals surface area contributed by atoms with Gasteiger partial charge in [0.15, 0.2) is 0 Å². The van der Waals surface area contributed by atoms with Crippen LogP contribution in [0.2, 0.25) is 0 Å². The number of nitrogens with zero attached hydrogens (tertiary/aromatic N) is 3. The standard InChI is InChI=1S/C10H14N4O5S/c1-2-19-10(16)8(6-20)12-9(15)5-13-4-7(3-11-13)14(17)18/h3-4,8,20H,2,5-6H2,1H3,(H,12,15)/t8-/m0/s1. The molecule has 0 aromatic carbocycles. The van der Waals surface area contributed by atoms with Crippen LogP contribution in [-0.4, -0.2) is 45.0 Å². The number of carbonyl (C=O) groups excluding carboxylic acids is 2. The molecule has 10 heteroatoms.